The molecule has 0 amide bonds. The van der Waals surface area contributed by atoms with Gasteiger partial charge in [0.25, 0.3) is 0 Å². The summed E-state index contributed by atoms with van der Waals surface area (Å²) in [6.07, 6.45) is 0. The van der Waals surface area contributed by atoms with Gasteiger partial charge in [0, 0.05) is 11.6 Å². The second-order valence-electron chi connectivity index (χ2n) is 4.11. The van der Waals surface area contributed by atoms with E-state index in [0.717, 1.165) is 0 Å². The smallest absolute Gasteiger partial charge is 0.358 e. The summed E-state index contributed by atoms with van der Waals surface area (Å²) < 4.78 is 1.56. The summed E-state index contributed by atoms with van der Waals surface area (Å²) in [4.78, 5) is 11.2. The van der Waals surface area contributed by atoms with Gasteiger partial charge in [0.15, 0.2) is 5.69 Å². The summed E-state index contributed by atoms with van der Waals surface area (Å²) in [5, 5.41) is 17.2. The number of nitrogens with zero attached hydrogens (tertiary/aromatic N) is 3. The van der Waals surface area contributed by atoms with E-state index in [9.17, 15) is 4.79 Å². The third kappa shape index (κ3) is 2.09. The molecule has 0 unspecified atom stereocenters. The lowest BCUT2D eigenvalue weighted by atomic mass is 10.1. The predicted octanol–water partition coefficient (Wildman–Crippen LogP) is 2.88. The van der Waals surface area contributed by atoms with Crippen molar-refractivity contribution >= 4 is 17.6 Å². The lowest BCUT2D eigenvalue weighted by molar-refractivity contribution is 0.0691. The fraction of sp³-hybridized carbons (Fsp3) is 0.250. The molecule has 0 radical (unpaired) electrons. The summed E-state index contributed by atoms with van der Waals surface area (Å²) in [6, 6.07) is 7.05. The van der Waals surface area contributed by atoms with E-state index in [0.29, 0.717) is 16.3 Å². The Labute approximate surface area is 109 Å². The number of benzene rings is 1. The summed E-state index contributed by atoms with van der Waals surface area (Å²) in [6.45, 7) is 3.81. The zero-order valence-electron chi connectivity index (χ0n) is 9.96. The number of carbonyl (C=O) groups is 1. The largest absolute Gasteiger partial charge is 0.476 e. The normalized spacial score (nSPS) is 10.9. The standard InChI is InChI=1S/C12H12ClN3O2/c1-7(2)16-11(10(12(17)18)14-15-16)8-5-3-4-6-9(8)13/h3-7H,1-2H3,(H,17,18). The predicted molar refractivity (Wildman–Crippen MR) is 67.8 cm³/mol. The van der Waals surface area contributed by atoms with Gasteiger partial charge in [-0.25, -0.2) is 9.48 Å². The van der Waals surface area contributed by atoms with Crippen LogP contribution in [0.2, 0.25) is 5.02 Å². The molecule has 6 heteroatoms. The Hall–Kier alpha value is -1.88. The van der Waals surface area contributed by atoms with Crippen LogP contribution in [0.15, 0.2) is 24.3 Å². The Morgan fingerprint density at radius 3 is 2.61 bits per heavy atom. The quantitative estimate of drug-likeness (QED) is 0.926. The summed E-state index contributed by atoms with van der Waals surface area (Å²) in [7, 11) is 0. The van der Waals surface area contributed by atoms with Gasteiger partial charge in [-0.1, -0.05) is 35.0 Å². The van der Waals surface area contributed by atoms with Crippen molar-refractivity contribution in [3.63, 3.8) is 0 Å². The zero-order chi connectivity index (χ0) is 13.3. The van der Waals surface area contributed by atoms with Gasteiger partial charge in [-0.2, -0.15) is 0 Å². The van der Waals surface area contributed by atoms with E-state index in [4.69, 9.17) is 16.7 Å². The maximum absolute atomic E-state index is 11.2. The van der Waals surface area contributed by atoms with Crippen LogP contribution in [-0.4, -0.2) is 26.1 Å². The molecule has 1 aromatic carbocycles. The molecule has 0 bridgehead atoms. The Balaban J connectivity index is 2.72. The molecule has 1 aromatic heterocycles. The molecule has 0 atom stereocenters. The maximum Gasteiger partial charge on any atom is 0.358 e. The van der Waals surface area contributed by atoms with E-state index in [1.807, 2.05) is 13.8 Å². The van der Waals surface area contributed by atoms with Crippen LogP contribution in [0.4, 0.5) is 0 Å². The highest BCUT2D eigenvalue weighted by molar-refractivity contribution is 6.33. The van der Waals surface area contributed by atoms with Gasteiger partial charge in [0.1, 0.15) is 5.69 Å². The van der Waals surface area contributed by atoms with Crippen molar-refractivity contribution < 1.29 is 9.90 Å². The van der Waals surface area contributed by atoms with Gasteiger partial charge >= 0.3 is 5.97 Å². The van der Waals surface area contributed by atoms with Gasteiger partial charge in [-0.3, -0.25) is 0 Å². The molecule has 0 saturated heterocycles. The summed E-state index contributed by atoms with van der Waals surface area (Å²) in [5.41, 5.74) is 0.968. The van der Waals surface area contributed by atoms with E-state index in [1.54, 1.807) is 28.9 Å². The van der Waals surface area contributed by atoms with Gasteiger partial charge in [0.05, 0.1) is 5.02 Å². The number of halogens is 1. The molecule has 2 aromatic rings. The van der Waals surface area contributed by atoms with Gasteiger partial charge in [-0.15, -0.1) is 5.10 Å². The average molecular weight is 266 g/mol. The number of carboxylic acids is 1. The second-order valence-corrected chi connectivity index (χ2v) is 4.52. The van der Waals surface area contributed by atoms with Crippen LogP contribution in [0, 0.1) is 0 Å². The first-order valence-corrected chi connectivity index (χ1v) is 5.83. The molecular formula is C12H12ClN3O2. The SMILES string of the molecule is CC(C)n1nnc(C(=O)O)c1-c1ccccc1Cl. The Morgan fingerprint density at radius 2 is 2.06 bits per heavy atom. The molecule has 5 nitrogen and oxygen atoms in total. The van der Waals surface area contributed by atoms with Gasteiger partial charge < -0.3 is 5.11 Å². The third-order valence-electron chi connectivity index (χ3n) is 2.52. The molecule has 0 aliphatic heterocycles. The summed E-state index contributed by atoms with van der Waals surface area (Å²) in [5.74, 6) is -1.11. The highest BCUT2D eigenvalue weighted by Crippen LogP contribution is 2.30. The van der Waals surface area contributed by atoms with E-state index >= 15 is 0 Å². The van der Waals surface area contributed by atoms with Crippen molar-refractivity contribution in [2.75, 3.05) is 0 Å². The molecule has 0 aliphatic carbocycles. The van der Waals surface area contributed by atoms with Crippen molar-refractivity contribution in [1.82, 2.24) is 15.0 Å². The van der Waals surface area contributed by atoms with Crippen molar-refractivity contribution in [3.05, 3.63) is 35.0 Å². The Morgan fingerprint density at radius 1 is 1.39 bits per heavy atom. The molecule has 94 valence electrons. The van der Waals surface area contributed by atoms with E-state index in [2.05, 4.69) is 10.3 Å². The zero-order valence-corrected chi connectivity index (χ0v) is 10.7. The van der Waals surface area contributed by atoms with Crippen LogP contribution >= 0.6 is 11.6 Å². The lowest BCUT2D eigenvalue weighted by Gasteiger charge is -2.11. The molecule has 1 heterocycles. The number of rotatable bonds is 3. The van der Waals surface area contributed by atoms with Crippen molar-refractivity contribution in [3.8, 4) is 11.3 Å². The first-order valence-electron chi connectivity index (χ1n) is 5.45. The highest BCUT2D eigenvalue weighted by atomic mass is 35.5. The topological polar surface area (TPSA) is 68.0 Å². The molecule has 18 heavy (non-hydrogen) atoms. The van der Waals surface area contributed by atoms with E-state index in [1.165, 1.54) is 0 Å². The van der Waals surface area contributed by atoms with Gasteiger partial charge in [0.2, 0.25) is 0 Å². The van der Waals surface area contributed by atoms with Crippen LogP contribution in [0.1, 0.15) is 30.4 Å². The van der Waals surface area contributed by atoms with Crippen LogP contribution in [0.5, 0.6) is 0 Å². The number of carboxylic acid groups (broad SMARTS) is 1. The molecule has 0 spiro atoms. The van der Waals surface area contributed by atoms with E-state index in [-0.39, 0.29) is 11.7 Å². The van der Waals surface area contributed by atoms with Crippen LogP contribution in [0.25, 0.3) is 11.3 Å². The fourth-order valence-corrected chi connectivity index (χ4v) is 1.93. The average Bonchev–Trinajstić information content (AvgIpc) is 2.74. The Kier molecular flexibility index (Phi) is 3.34. The lowest BCUT2D eigenvalue weighted by Crippen LogP contribution is -2.07. The second kappa shape index (κ2) is 4.78. The van der Waals surface area contributed by atoms with Crippen molar-refractivity contribution in [1.29, 1.82) is 0 Å². The molecule has 0 saturated carbocycles. The fourth-order valence-electron chi connectivity index (χ4n) is 1.70. The summed E-state index contributed by atoms with van der Waals surface area (Å²) >= 11 is 6.11. The minimum absolute atomic E-state index is 0.00290. The number of aromatic nitrogens is 3. The first kappa shape index (κ1) is 12.6. The van der Waals surface area contributed by atoms with Crippen LogP contribution < -0.4 is 0 Å². The first-order chi connectivity index (χ1) is 8.52. The van der Waals surface area contributed by atoms with Crippen molar-refractivity contribution in [2.45, 2.75) is 19.9 Å². The molecule has 0 fully saturated rings. The minimum atomic E-state index is -1.11. The third-order valence-corrected chi connectivity index (χ3v) is 2.84. The van der Waals surface area contributed by atoms with Crippen LogP contribution in [-0.2, 0) is 0 Å². The van der Waals surface area contributed by atoms with Gasteiger partial charge in [-0.05, 0) is 19.9 Å². The Bertz CT molecular complexity index is 593. The maximum atomic E-state index is 11.2. The van der Waals surface area contributed by atoms with Crippen LogP contribution in [0.3, 0.4) is 0 Å². The molecule has 0 aliphatic rings. The van der Waals surface area contributed by atoms with Crippen molar-refractivity contribution in [2.24, 2.45) is 0 Å². The number of hydrogen-bond donors (Lipinski definition) is 1. The minimum Gasteiger partial charge on any atom is -0.476 e. The number of hydrogen-bond acceptors (Lipinski definition) is 3. The molecule has 2 rings (SSSR count). The number of aromatic carboxylic acids is 1. The highest BCUT2D eigenvalue weighted by Gasteiger charge is 2.23. The van der Waals surface area contributed by atoms with E-state index < -0.39 is 5.97 Å². The monoisotopic (exact) mass is 265 g/mol. The molecular weight excluding hydrogens is 254 g/mol. The molecule has 1 N–H and O–H groups in total.